The molecule has 1 N–H and O–H groups in total. The Hall–Kier alpha value is -1.06. The highest BCUT2D eigenvalue weighted by Gasteiger charge is 2.22. The van der Waals surface area contributed by atoms with Gasteiger partial charge >= 0.3 is 5.97 Å². The van der Waals surface area contributed by atoms with Crippen molar-refractivity contribution in [3.05, 3.63) is 0 Å². The van der Waals surface area contributed by atoms with Crippen molar-refractivity contribution in [2.24, 2.45) is 0 Å². The highest BCUT2D eigenvalue weighted by molar-refractivity contribution is 5.76. The molecule has 1 rings (SSSR count). The summed E-state index contributed by atoms with van der Waals surface area (Å²) >= 11 is 0. The molecule has 1 saturated carbocycles. The minimum Gasteiger partial charge on any atom is -0.469 e. The quantitative estimate of drug-likeness (QED) is 0.482. The summed E-state index contributed by atoms with van der Waals surface area (Å²) in [5, 5.41) is 2.99. The first-order chi connectivity index (χ1) is 8.72. The Bertz CT molecular complexity index is 262. The average Bonchev–Trinajstić information content (AvgIpc) is 3.16. The minimum atomic E-state index is -0.119. The number of hydrogen-bond donors (Lipinski definition) is 1. The Morgan fingerprint density at radius 3 is 2.11 bits per heavy atom. The molecular formula is C14H25NO3. The third-order valence-electron chi connectivity index (χ3n) is 3.20. The van der Waals surface area contributed by atoms with Gasteiger partial charge in [-0.05, 0) is 25.7 Å². The Balaban J connectivity index is 1.77. The van der Waals surface area contributed by atoms with E-state index >= 15 is 0 Å². The maximum Gasteiger partial charge on any atom is 0.305 e. The van der Waals surface area contributed by atoms with E-state index in [9.17, 15) is 9.59 Å². The second-order valence-electron chi connectivity index (χ2n) is 5.04. The molecule has 4 nitrogen and oxygen atoms in total. The second kappa shape index (κ2) is 8.95. The standard InChI is InChI=1S/C14H25NO3/c1-18-14(17)9-7-5-3-2-4-6-8-13(16)15-12-10-11-12/h12H,2-11H2,1H3,(H,15,16). The van der Waals surface area contributed by atoms with Gasteiger partial charge in [-0.3, -0.25) is 9.59 Å². The van der Waals surface area contributed by atoms with Crippen LogP contribution in [0.5, 0.6) is 0 Å². The van der Waals surface area contributed by atoms with E-state index in [1.807, 2.05) is 0 Å². The fourth-order valence-electron chi connectivity index (χ4n) is 1.89. The summed E-state index contributed by atoms with van der Waals surface area (Å²) in [5.41, 5.74) is 0. The van der Waals surface area contributed by atoms with Gasteiger partial charge < -0.3 is 10.1 Å². The number of rotatable bonds is 10. The topological polar surface area (TPSA) is 55.4 Å². The lowest BCUT2D eigenvalue weighted by Gasteiger charge is -2.03. The van der Waals surface area contributed by atoms with Crippen molar-refractivity contribution in [1.82, 2.24) is 5.32 Å². The molecule has 0 atom stereocenters. The van der Waals surface area contributed by atoms with Crippen molar-refractivity contribution in [2.45, 2.75) is 70.3 Å². The Kier molecular flexibility index (Phi) is 7.46. The smallest absolute Gasteiger partial charge is 0.305 e. The van der Waals surface area contributed by atoms with E-state index in [2.05, 4.69) is 10.1 Å². The largest absolute Gasteiger partial charge is 0.469 e. The Labute approximate surface area is 109 Å². The molecule has 18 heavy (non-hydrogen) atoms. The zero-order valence-corrected chi connectivity index (χ0v) is 11.4. The first-order valence-electron chi connectivity index (χ1n) is 7.08. The summed E-state index contributed by atoms with van der Waals surface area (Å²) in [6.45, 7) is 0. The first-order valence-corrected chi connectivity index (χ1v) is 7.08. The van der Waals surface area contributed by atoms with Gasteiger partial charge in [0.1, 0.15) is 0 Å². The van der Waals surface area contributed by atoms with Gasteiger partial charge in [0.2, 0.25) is 5.91 Å². The van der Waals surface area contributed by atoms with Gasteiger partial charge in [-0.15, -0.1) is 0 Å². The molecule has 0 aliphatic heterocycles. The minimum absolute atomic E-state index is 0.119. The summed E-state index contributed by atoms with van der Waals surface area (Å²) in [5.74, 6) is 0.0925. The molecule has 1 aliphatic rings. The van der Waals surface area contributed by atoms with Gasteiger partial charge in [0.05, 0.1) is 7.11 Å². The van der Waals surface area contributed by atoms with E-state index in [4.69, 9.17) is 0 Å². The van der Waals surface area contributed by atoms with E-state index in [-0.39, 0.29) is 11.9 Å². The molecule has 0 aromatic heterocycles. The zero-order valence-electron chi connectivity index (χ0n) is 11.4. The van der Waals surface area contributed by atoms with Gasteiger partial charge in [0.15, 0.2) is 0 Å². The van der Waals surface area contributed by atoms with Crippen molar-refractivity contribution >= 4 is 11.9 Å². The summed E-state index contributed by atoms with van der Waals surface area (Å²) in [4.78, 5) is 22.2. The van der Waals surface area contributed by atoms with Crippen LogP contribution in [0.4, 0.5) is 0 Å². The molecule has 0 spiro atoms. The fourth-order valence-corrected chi connectivity index (χ4v) is 1.89. The lowest BCUT2D eigenvalue weighted by atomic mass is 10.1. The number of nitrogens with one attached hydrogen (secondary N) is 1. The molecule has 0 aromatic rings. The highest BCUT2D eigenvalue weighted by atomic mass is 16.5. The van der Waals surface area contributed by atoms with Crippen LogP contribution in [-0.4, -0.2) is 25.0 Å². The molecule has 1 aliphatic carbocycles. The third kappa shape index (κ3) is 8.09. The van der Waals surface area contributed by atoms with Crippen LogP contribution in [-0.2, 0) is 14.3 Å². The number of unbranched alkanes of at least 4 members (excludes halogenated alkanes) is 5. The number of ether oxygens (including phenoxy) is 1. The predicted octanol–water partition coefficient (Wildman–Crippen LogP) is 2.56. The summed E-state index contributed by atoms with van der Waals surface area (Å²) < 4.78 is 4.57. The summed E-state index contributed by atoms with van der Waals surface area (Å²) in [7, 11) is 1.43. The number of carbonyl (C=O) groups is 2. The first kappa shape index (κ1) is 15.0. The van der Waals surface area contributed by atoms with Gasteiger partial charge in [-0.2, -0.15) is 0 Å². The van der Waals surface area contributed by atoms with Crippen LogP contribution in [0.1, 0.15) is 64.2 Å². The maximum absolute atomic E-state index is 11.4. The van der Waals surface area contributed by atoms with Crippen molar-refractivity contribution in [3.63, 3.8) is 0 Å². The molecule has 4 heteroatoms. The number of methoxy groups -OCH3 is 1. The molecule has 104 valence electrons. The number of amides is 1. The average molecular weight is 255 g/mol. The molecule has 1 fully saturated rings. The van der Waals surface area contributed by atoms with Crippen LogP contribution in [0.25, 0.3) is 0 Å². The van der Waals surface area contributed by atoms with E-state index < -0.39 is 0 Å². The molecule has 0 radical (unpaired) electrons. The van der Waals surface area contributed by atoms with Crippen LogP contribution in [0, 0.1) is 0 Å². The third-order valence-corrected chi connectivity index (χ3v) is 3.20. The van der Waals surface area contributed by atoms with E-state index in [0.29, 0.717) is 18.9 Å². The molecule has 0 aromatic carbocycles. The molecule has 0 heterocycles. The van der Waals surface area contributed by atoms with Crippen LogP contribution < -0.4 is 5.32 Å². The van der Waals surface area contributed by atoms with Crippen LogP contribution >= 0.6 is 0 Å². The lowest BCUT2D eigenvalue weighted by molar-refractivity contribution is -0.140. The van der Waals surface area contributed by atoms with E-state index in [1.165, 1.54) is 7.11 Å². The summed E-state index contributed by atoms with van der Waals surface area (Å²) in [6, 6.07) is 0.482. The van der Waals surface area contributed by atoms with Gasteiger partial charge in [-0.1, -0.05) is 25.7 Å². The monoisotopic (exact) mass is 255 g/mol. The van der Waals surface area contributed by atoms with Crippen molar-refractivity contribution in [3.8, 4) is 0 Å². The second-order valence-corrected chi connectivity index (χ2v) is 5.04. The van der Waals surface area contributed by atoms with Crippen LogP contribution in [0.2, 0.25) is 0 Å². The van der Waals surface area contributed by atoms with Crippen LogP contribution in [0.3, 0.4) is 0 Å². The summed E-state index contributed by atoms with van der Waals surface area (Å²) in [6.07, 6.45) is 9.88. The van der Waals surface area contributed by atoms with Gasteiger partial charge in [0.25, 0.3) is 0 Å². The normalized spacial score (nSPS) is 14.3. The van der Waals surface area contributed by atoms with Gasteiger partial charge in [0, 0.05) is 18.9 Å². The van der Waals surface area contributed by atoms with Gasteiger partial charge in [-0.25, -0.2) is 0 Å². The molecular weight excluding hydrogens is 230 g/mol. The van der Waals surface area contributed by atoms with E-state index in [1.54, 1.807) is 0 Å². The van der Waals surface area contributed by atoms with Crippen molar-refractivity contribution in [1.29, 1.82) is 0 Å². The number of esters is 1. The maximum atomic E-state index is 11.4. The number of hydrogen-bond acceptors (Lipinski definition) is 3. The van der Waals surface area contributed by atoms with E-state index in [0.717, 1.165) is 51.4 Å². The number of carbonyl (C=O) groups excluding carboxylic acids is 2. The molecule has 0 unspecified atom stereocenters. The van der Waals surface area contributed by atoms with Crippen molar-refractivity contribution < 1.29 is 14.3 Å². The Morgan fingerprint density at radius 1 is 1.00 bits per heavy atom. The fraction of sp³-hybridized carbons (Fsp3) is 0.857. The van der Waals surface area contributed by atoms with Crippen molar-refractivity contribution in [2.75, 3.05) is 7.11 Å². The molecule has 0 saturated heterocycles. The SMILES string of the molecule is COC(=O)CCCCCCCCC(=O)NC1CC1. The predicted molar refractivity (Wildman–Crippen MR) is 70.1 cm³/mol. The van der Waals surface area contributed by atoms with Crippen LogP contribution in [0.15, 0.2) is 0 Å². The molecule has 1 amide bonds. The highest BCUT2D eigenvalue weighted by Crippen LogP contribution is 2.19. The Morgan fingerprint density at radius 2 is 1.56 bits per heavy atom. The lowest BCUT2D eigenvalue weighted by Crippen LogP contribution is -2.24. The molecule has 0 bridgehead atoms. The zero-order chi connectivity index (χ0) is 13.2.